The van der Waals surface area contributed by atoms with E-state index >= 15 is 0 Å². The molecule has 0 fully saturated rings. The van der Waals surface area contributed by atoms with Crippen molar-refractivity contribution >= 4 is 22.5 Å². The summed E-state index contributed by atoms with van der Waals surface area (Å²) in [5.41, 5.74) is 2.81. The molecule has 3 heteroatoms. The van der Waals surface area contributed by atoms with Crippen molar-refractivity contribution in [1.29, 1.82) is 0 Å². The first-order chi connectivity index (χ1) is 7.24. The van der Waals surface area contributed by atoms with Gasteiger partial charge < -0.3 is 5.11 Å². The number of halogens is 1. The third-order valence-corrected chi connectivity index (χ3v) is 2.81. The van der Waals surface area contributed by atoms with Crippen LogP contribution in [0.15, 0.2) is 24.3 Å². The van der Waals surface area contributed by atoms with Gasteiger partial charge >= 0.3 is 0 Å². The number of hydrogen-bond donors (Lipinski definition) is 1. The second-order valence-corrected chi connectivity index (χ2v) is 3.84. The van der Waals surface area contributed by atoms with Crippen LogP contribution in [0.25, 0.3) is 10.9 Å². The Balaban J connectivity index is 2.66. The summed E-state index contributed by atoms with van der Waals surface area (Å²) in [4.78, 5) is 4.23. The molecule has 0 atom stereocenters. The summed E-state index contributed by atoms with van der Waals surface area (Å²) in [6.07, 6.45) is 0.993. The number of aromatic nitrogens is 1. The summed E-state index contributed by atoms with van der Waals surface area (Å²) in [7, 11) is 0. The maximum atomic E-state index is 9.08. The summed E-state index contributed by atoms with van der Waals surface area (Å²) in [6.45, 7) is 2.04. The van der Waals surface area contributed by atoms with Gasteiger partial charge in [-0.2, -0.15) is 0 Å². The quantitative estimate of drug-likeness (QED) is 0.791. The number of benzene rings is 1. The van der Waals surface area contributed by atoms with Crippen molar-refractivity contribution in [2.75, 3.05) is 0 Å². The smallest absolute Gasteiger partial charge is 0.135 e. The average Bonchev–Trinajstić information content (AvgIpc) is 2.27. The van der Waals surface area contributed by atoms with Crippen LogP contribution in [0.1, 0.15) is 18.1 Å². The highest BCUT2D eigenvalue weighted by atomic mass is 35.5. The Morgan fingerprint density at radius 3 is 2.80 bits per heavy atom. The van der Waals surface area contributed by atoms with Gasteiger partial charge in [0.15, 0.2) is 0 Å². The van der Waals surface area contributed by atoms with Crippen molar-refractivity contribution in [2.45, 2.75) is 20.0 Å². The maximum absolute atomic E-state index is 9.08. The molecule has 1 heterocycles. The van der Waals surface area contributed by atoms with Gasteiger partial charge in [0.05, 0.1) is 12.1 Å². The van der Waals surface area contributed by atoms with Gasteiger partial charge in [-0.3, -0.25) is 0 Å². The van der Waals surface area contributed by atoms with E-state index in [0.29, 0.717) is 10.7 Å². The van der Waals surface area contributed by atoms with Crippen molar-refractivity contribution in [1.82, 2.24) is 4.98 Å². The first-order valence-electron chi connectivity index (χ1n) is 4.93. The van der Waals surface area contributed by atoms with Crippen molar-refractivity contribution < 1.29 is 5.11 Å². The average molecular weight is 222 g/mol. The van der Waals surface area contributed by atoms with Crippen molar-refractivity contribution in [3.05, 3.63) is 40.5 Å². The van der Waals surface area contributed by atoms with Crippen LogP contribution in [0, 0.1) is 0 Å². The number of aryl methyl sites for hydroxylation is 1. The molecular weight excluding hydrogens is 210 g/mol. The van der Waals surface area contributed by atoms with E-state index in [1.165, 1.54) is 5.56 Å². The first-order valence-corrected chi connectivity index (χ1v) is 5.31. The Labute approximate surface area is 93.5 Å². The highest BCUT2D eigenvalue weighted by Crippen LogP contribution is 2.21. The van der Waals surface area contributed by atoms with Gasteiger partial charge in [-0.15, -0.1) is 0 Å². The Kier molecular flexibility index (Phi) is 2.89. The monoisotopic (exact) mass is 221 g/mol. The Morgan fingerprint density at radius 1 is 1.33 bits per heavy atom. The van der Waals surface area contributed by atoms with Gasteiger partial charge in [0, 0.05) is 10.9 Å². The molecule has 0 spiro atoms. The molecule has 1 aromatic heterocycles. The normalized spacial score (nSPS) is 10.9. The molecular formula is C12H12ClNO. The summed E-state index contributed by atoms with van der Waals surface area (Å²) < 4.78 is 0. The Hall–Kier alpha value is -1.12. The second-order valence-electron chi connectivity index (χ2n) is 3.48. The molecule has 1 aromatic carbocycles. The minimum atomic E-state index is -0.0713. The number of nitrogens with zero attached hydrogens (tertiary/aromatic N) is 1. The molecule has 0 radical (unpaired) electrons. The molecule has 1 N–H and O–H groups in total. The molecule has 0 aliphatic heterocycles. The van der Waals surface area contributed by atoms with Crippen LogP contribution >= 0.6 is 11.6 Å². The van der Waals surface area contributed by atoms with Gasteiger partial charge in [0.25, 0.3) is 0 Å². The van der Waals surface area contributed by atoms with Crippen LogP contribution < -0.4 is 0 Å². The standard InChI is InChI=1S/C12H12ClNO/c1-2-8-3-4-11-9(5-8)6-10(7-15)12(13)14-11/h3-6,15H,2,7H2,1H3. The fraction of sp³-hybridized carbons (Fsp3) is 0.250. The van der Waals surface area contributed by atoms with E-state index in [9.17, 15) is 0 Å². The summed E-state index contributed by atoms with van der Waals surface area (Å²) in [5, 5.41) is 10.5. The minimum absolute atomic E-state index is 0.0713. The lowest BCUT2D eigenvalue weighted by Gasteiger charge is -2.04. The van der Waals surface area contributed by atoms with Gasteiger partial charge in [-0.05, 0) is 30.2 Å². The van der Waals surface area contributed by atoms with Crippen LogP contribution in [0.3, 0.4) is 0 Å². The molecule has 0 bridgehead atoms. The van der Waals surface area contributed by atoms with E-state index < -0.39 is 0 Å². The predicted octanol–water partition coefficient (Wildman–Crippen LogP) is 2.94. The zero-order valence-corrected chi connectivity index (χ0v) is 9.25. The fourth-order valence-corrected chi connectivity index (χ4v) is 1.78. The topological polar surface area (TPSA) is 33.1 Å². The van der Waals surface area contributed by atoms with Crippen LogP contribution in [-0.2, 0) is 13.0 Å². The number of aliphatic hydroxyl groups is 1. The molecule has 78 valence electrons. The van der Waals surface area contributed by atoms with Gasteiger partial charge in [-0.1, -0.05) is 24.6 Å². The zero-order valence-electron chi connectivity index (χ0n) is 8.50. The maximum Gasteiger partial charge on any atom is 0.135 e. The van der Waals surface area contributed by atoms with Crippen LogP contribution in [0.5, 0.6) is 0 Å². The molecule has 15 heavy (non-hydrogen) atoms. The molecule has 2 aromatic rings. The van der Waals surface area contributed by atoms with Crippen molar-refractivity contribution in [3.8, 4) is 0 Å². The number of rotatable bonds is 2. The van der Waals surface area contributed by atoms with E-state index in [-0.39, 0.29) is 6.61 Å². The summed E-state index contributed by atoms with van der Waals surface area (Å²) >= 11 is 5.91. The predicted molar refractivity (Wildman–Crippen MR) is 62.1 cm³/mol. The molecule has 0 saturated heterocycles. The SMILES string of the molecule is CCc1ccc2nc(Cl)c(CO)cc2c1. The lowest BCUT2D eigenvalue weighted by atomic mass is 10.1. The molecule has 0 saturated carbocycles. The fourth-order valence-electron chi connectivity index (χ4n) is 1.58. The first kappa shape index (κ1) is 10.4. The number of hydrogen-bond acceptors (Lipinski definition) is 2. The molecule has 2 rings (SSSR count). The van der Waals surface area contributed by atoms with Gasteiger partial charge in [0.2, 0.25) is 0 Å². The van der Waals surface area contributed by atoms with E-state index in [1.807, 2.05) is 18.2 Å². The van der Waals surface area contributed by atoms with E-state index in [1.54, 1.807) is 0 Å². The van der Waals surface area contributed by atoms with Crippen LogP contribution in [-0.4, -0.2) is 10.1 Å². The van der Waals surface area contributed by atoms with Gasteiger partial charge in [0.1, 0.15) is 5.15 Å². The van der Waals surface area contributed by atoms with Crippen LogP contribution in [0.4, 0.5) is 0 Å². The van der Waals surface area contributed by atoms with Crippen LogP contribution in [0.2, 0.25) is 5.15 Å². The number of pyridine rings is 1. The molecule has 0 amide bonds. The highest BCUT2D eigenvalue weighted by molar-refractivity contribution is 6.30. The van der Waals surface area contributed by atoms with Crippen molar-refractivity contribution in [2.24, 2.45) is 0 Å². The summed E-state index contributed by atoms with van der Waals surface area (Å²) in [5.74, 6) is 0. The summed E-state index contributed by atoms with van der Waals surface area (Å²) in [6, 6.07) is 7.98. The number of fused-ring (bicyclic) bond motifs is 1. The third kappa shape index (κ3) is 1.96. The molecule has 0 unspecified atom stereocenters. The number of aliphatic hydroxyl groups excluding tert-OH is 1. The Bertz CT molecular complexity index is 496. The lowest BCUT2D eigenvalue weighted by Crippen LogP contribution is -1.90. The Morgan fingerprint density at radius 2 is 2.13 bits per heavy atom. The van der Waals surface area contributed by atoms with Crippen molar-refractivity contribution in [3.63, 3.8) is 0 Å². The van der Waals surface area contributed by atoms with E-state index in [0.717, 1.165) is 17.3 Å². The van der Waals surface area contributed by atoms with E-state index in [4.69, 9.17) is 16.7 Å². The molecule has 0 aliphatic rings. The minimum Gasteiger partial charge on any atom is -0.392 e. The lowest BCUT2D eigenvalue weighted by molar-refractivity contribution is 0.281. The van der Waals surface area contributed by atoms with E-state index in [2.05, 4.69) is 18.0 Å². The largest absolute Gasteiger partial charge is 0.392 e. The third-order valence-electron chi connectivity index (χ3n) is 2.48. The highest BCUT2D eigenvalue weighted by Gasteiger charge is 2.04. The molecule has 2 nitrogen and oxygen atoms in total. The van der Waals surface area contributed by atoms with Gasteiger partial charge in [-0.25, -0.2) is 4.98 Å². The second kappa shape index (κ2) is 4.17. The zero-order chi connectivity index (χ0) is 10.8. The molecule has 0 aliphatic carbocycles.